The number of para-hydroxylation sites is 2. The first kappa shape index (κ1) is 52.5. The van der Waals surface area contributed by atoms with Gasteiger partial charge >= 0.3 is 7.12 Å². The van der Waals surface area contributed by atoms with Gasteiger partial charge in [0.25, 0.3) is 0 Å². The van der Waals surface area contributed by atoms with Crippen molar-refractivity contribution in [2.45, 2.75) is 0 Å². The van der Waals surface area contributed by atoms with Crippen LogP contribution >= 0.6 is 11.6 Å². The topological polar surface area (TPSA) is 269 Å². The van der Waals surface area contributed by atoms with Crippen molar-refractivity contribution < 1.29 is 38.5 Å². The molecule has 0 amide bonds. The number of nitrogens with zero attached hydrogens (tertiary/aromatic N) is 8. The lowest BCUT2D eigenvalue weighted by molar-refractivity contribution is 0.324. The minimum absolute atomic E-state index is 0.216. The van der Waals surface area contributed by atoms with Gasteiger partial charge in [-0.05, 0) is 78.3 Å². The molecular formula is C50H50BClN12O8. The van der Waals surface area contributed by atoms with Crippen molar-refractivity contribution in [3.05, 3.63) is 126 Å². The molecule has 8 rings (SSSR count). The van der Waals surface area contributed by atoms with E-state index in [0.29, 0.717) is 94.9 Å². The average molecular weight is 993 g/mol. The molecule has 0 saturated heterocycles. The quantitative estimate of drug-likeness (QED) is 0.0301. The molecule has 0 bridgehead atoms. The van der Waals surface area contributed by atoms with Crippen LogP contribution in [0.4, 0.5) is 23.3 Å². The molecule has 0 unspecified atom stereocenters. The molecule has 0 fully saturated rings. The van der Waals surface area contributed by atoms with Gasteiger partial charge in [0.05, 0.1) is 70.4 Å². The number of halogens is 1. The highest BCUT2D eigenvalue weighted by atomic mass is 35.5. The van der Waals surface area contributed by atoms with E-state index in [0.717, 1.165) is 27.6 Å². The van der Waals surface area contributed by atoms with Crippen molar-refractivity contribution in [1.82, 2.24) is 29.9 Å². The summed E-state index contributed by atoms with van der Waals surface area (Å²) in [6, 6.07) is 33.3. The van der Waals surface area contributed by atoms with E-state index < -0.39 is 7.12 Å². The Morgan fingerprint density at radius 1 is 0.514 bits per heavy atom. The fourth-order valence-electron chi connectivity index (χ4n) is 6.99. The molecule has 8 aromatic rings. The molecule has 4 aromatic heterocycles. The predicted octanol–water partition coefficient (Wildman–Crippen LogP) is 6.58. The van der Waals surface area contributed by atoms with Crippen molar-refractivity contribution >= 4 is 69.3 Å². The Balaban J connectivity index is 0.000000192. The van der Waals surface area contributed by atoms with E-state index in [-0.39, 0.29) is 16.5 Å². The summed E-state index contributed by atoms with van der Waals surface area (Å²) in [6.07, 6.45) is 3.07. The van der Waals surface area contributed by atoms with Crippen LogP contribution in [-0.4, -0.2) is 116 Å². The highest BCUT2D eigenvalue weighted by Gasteiger charge is 2.23. The Hall–Kier alpha value is -8.89. The Labute approximate surface area is 420 Å². The number of rotatable bonds is 18. The summed E-state index contributed by atoms with van der Waals surface area (Å²) < 4.78 is 31.7. The van der Waals surface area contributed by atoms with E-state index in [9.17, 15) is 0 Å². The van der Waals surface area contributed by atoms with E-state index in [2.05, 4.69) is 47.3 Å². The molecule has 4 heterocycles. The van der Waals surface area contributed by atoms with Crippen LogP contribution in [0.5, 0.6) is 34.5 Å². The van der Waals surface area contributed by atoms with Crippen LogP contribution in [-0.2, 0) is 0 Å². The Morgan fingerprint density at radius 2 is 0.986 bits per heavy atom. The van der Waals surface area contributed by atoms with Crippen molar-refractivity contribution in [1.29, 1.82) is 10.5 Å². The molecular weight excluding hydrogens is 943 g/mol. The van der Waals surface area contributed by atoms with Crippen molar-refractivity contribution in [2.75, 3.05) is 90.1 Å². The molecule has 0 aliphatic rings. The van der Waals surface area contributed by atoms with E-state index in [1.54, 1.807) is 57.7 Å². The van der Waals surface area contributed by atoms with Crippen LogP contribution in [0.3, 0.4) is 0 Å². The number of methoxy groups -OCH3 is 6. The maximum atomic E-state index is 9.10. The second-order valence-corrected chi connectivity index (χ2v) is 15.1. The number of nitrogens with one attached hydrogen (secondary N) is 4. The van der Waals surface area contributed by atoms with Crippen molar-refractivity contribution in [3.63, 3.8) is 0 Å². The zero-order chi connectivity index (χ0) is 51.4. The predicted molar refractivity (Wildman–Crippen MR) is 277 cm³/mol. The van der Waals surface area contributed by atoms with E-state index >= 15 is 0 Å². The van der Waals surface area contributed by atoms with Gasteiger partial charge in [0.1, 0.15) is 35.4 Å². The van der Waals surface area contributed by atoms with Gasteiger partial charge in [-0.1, -0.05) is 30.3 Å². The summed E-state index contributed by atoms with van der Waals surface area (Å²) in [5, 5.41) is 50.9. The molecule has 0 aliphatic heterocycles. The van der Waals surface area contributed by atoms with Crippen molar-refractivity contribution in [2.24, 2.45) is 0 Å². The fraction of sp³-hybridized carbons (Fsp3) is 0.200. The summed E-state index contributed by atoms with van der Waals surface area (Å²) in [7, 11) is 7.47. The fourth-order valence-corrected chi connectivity index (χ4v) is 7.17. The molecule has 0 saturated carbocycles. The maximum absolute atomic E-state index is 9.10. The van der Waals surface area contributed by atoms with Crippen LogP contribution in [0.1, 0.15) is 11.1 Å². The number of anilines is 4. The number of fused-ring (bicyclic) bond motifs is 2. The summed E-state index contributed by atoms with van der Waals surface area (Å²) in [5.74, 6) is 5.92. The SMILES string of the molecule is COc1ccc(-c2nc(NCCNc3ccc(C#N)cn3)c3ccccc3n2)c(OC)c1OC.COc1ccc(B(O)O)c(OC)c1OC.N#Cc1ccc(NCCNc2nc(Cl)nc3ccccc23)nc1. The molecule has 4 aromatic carbocycles. The Kier molecular flexibility index (Phi) is 19.1. The van der Waals surface area contributed by atoms with Gasteiger partial charge in [-0.25, -0.2) is 29.9 Å². The minimum Gasteiger partial charge on any atom is -0.493 e. The second kappa shape index (κ2) is 26.2. The molecule has 72 heavy (non-hydrogen) atoms. The lowest BCUT2D eigenvalue weighted by atomic mass is 9.79. The van der Waals surface area contributed by atoms with Gasteiger partial charge in [-0.15, -0.1) is 0 Å². The number of benzene rings is 4. The molecule has 0 spiro atoms. The van der Waals surface area contributed by atoms with Gasteiger partial charge in [-0.3, -0.25) is 0 Å². The zero-order valence-corrected chi connectivity index (χ0v) is 40.9. The molecule has 20 nitrogen and oxygen atoms in total. The molecule has 0 aliphatic carbocycles. The van der Waals surface area contributed by atoms with E-state index in [4.69, 9.17) is 70.6 Å². The number of aromatic nitrogens is 6. The maximum Gasteiger partial charge on any atom is 0.492 e. The number of hydrogen-bond donors (Lipinski definition) is 6. The molecule has 368 valence electrons. The monoisotopic (exact) mass is 992 g/mol. The number of nitriles is 2. The third kappa shape index (κ3) is 13.2. The molecule has 0 atom stereocenters. The normalized spacial score (nSPS) is 10.2. The Bertz CT molecular complexity index is 3160. The second-order valence-electron chi connectivity index (χ2n) is 14.7. The van der Waals surface area contributed by atoms with Gasteiger partial charge < -0.3 is 59.7 Å². The number of ether oxygens (including phenoxy) is 6. The lowest BCUT2D eigenvalue weighted by Crippen LogP contribution is -2.31. The first-order chi connectivity index (χ1) is 35.1. The zero-order valence-electron chi connectivity index (χ0n) is 40.1. The molecule has 22 heteroatoms. The van der Waals surface area contributed by atoms with Gasteiger partial charge in [0.2, 0.25) is 16.8 Å². The standard InChI is InChI=1S/C25H24N6O3.C16H13ClN6.C9H13BO5/c1-32-20-10-9-18(22(33-2)23(20)34-3)25-30-19-7-5-4-6-17(19)24(31-25)28-13-12-27-21-11-8-16(14-26)15-29-21;17-16-22-13-4-2-1-3-12(13)15(23-16)20-8-7-19-14-6-5-11(9-18)10-21-14;1-13-7-5-4-6(10(11)12)8(14-2)9(7)15-3/h4-11,15H,12-13H2,1-3H3,(H,27,29)(H,28,30,31);1-6,10H,7-8H2,(H,19,21)(H,20,22,23);4-5,11-12H,1-3H3. The highest BCUT2D eigenvalue weighted by molar-refractivity contribution is 6.60. The van der Waals surface area contributed by atoms with Crippen LogP contribution in [0.25, 0.3) is 33.2 Å². The summed E-state index contributed by atoms with van der Waals surface area (Å²) in [6.45, 7) is 2.48. The highest BCUT2D eigenvalue weighted by Crippen LogP contribution is 2.44. The largest absolute Gasteiger partial charge is 0.493 e. The molecule has 0 radical (unpaired) electrons. The first-order valence-corrected chi connectivity index (χ1v) is 22.3. The first-order valence-electron chi connectivity index (χ1n) is 21.9. The van der Waals surface area contributed by atoms with Gasteiger partial charge in [-0.2, -0.15) is 10.5 Å². The van der Waals surface area contributed by atoms with Crippen LogP contribution in [0.15, 0.2) is 109 Å². The van der Waals surface area contributed by atoms with Crippen LogP contribution in [0.2, 0.25) is 5.28 Å². The summed E-state index contributed by atoms with van der Waals surface area (Å²) in [5.41, 5.74) is 3.58. The molecule has 6 N–H and O–H groups in total. The van der Waals surface area contributed by atoms with Crippen LogP contribution < -0.4 is 55.2 Å². The minimum atomic E-state index is -1.61. The Morgan fingerprint density at radius 3 is 1.46 bits per heavy atom. The third-order valence-corrected chi connectivity index (χ3v) is 10.5. The van der Waals surface area contributed by atoms with Gasteiger partial charge in [0, 0.05) is 54.8 Å². The summed E-state index contributed by atoms with van der Waals surface area (Å²) >= 11 is 5.95. The average Bonchev–Trinajstić information content (AvgIpc) is 3.42. The summed E-state index contributed by atoms with van der Waals surface area (Å²) in [4.78, 5) is 26.4. The van der Waals surface area contributed by atoms with Gasteiger partial charge in [0.15, 0.2) is 28.8 Å². The van der Waals surface area contributed by atoms with E-state index in [1.165, 1.54) is 39.8 Å². The lowest BCUT2D eigenvalue weighted by Gasteiger charge is -2.16. The van der Waals surface area contributed by atoms with Crippen molar-refractivity contribution in [3.8, 4) is 58.0 Å². The third-order valence-electron chi connectivity index (χ3n) is 10.4. The van der Waals surface area contributed by atoms with E-state index in [1.807, 2.05) is 60.7 Å². The van der Waals surface area contributed by atoms with Crippen LogP contribution in [0, 0.1) is 22.7 Å². The smallest absolute Gasteiger partial charge is 0.492 e. The number of pyridine rings is 2. The number of hydrogen-bond acceptors (Lipinski definition) is 20.